The number of pyridine rings is 1. The SMILES string of the molecule is CC1(C)CC(O)c2cccnc2O1. The van der Waals surface area contributed by atoms with E-state index in [-0.39, 0.29) is 5.60 Å². The van der Waals surface area contributed by atoms with Gasteiger partial charge in [-0.25, -0.2) is 4.98 Å². The molecule has 0 radical (unpaired) electrons. The molecule has 1 aliphatic heterocycles. The van der Waals surface area contributed by atoms with E-state index in [0.29, 0.717) is 12.3 Å². The first-order valence-electron chi connectivity index (χ1n) is 4.40. The predicted octanol–water partition coefficient (Wildman–Crippen LogP) is 1.68. The molecule has 1 unspecified atom stereocenters. The summed E-state index contributed by atoms with van der Waals surface area (Å²) in [7, 11) is 0. The Labute approximate surface area is 77.4 Å². The Hall–Kier alpha value is -1.09. The summed E-state index contributed by atoms with van der Waals surface area (Å²) in [5, 5.41) is 9.78. The molecule has 0 aromatic carbocycles. The predicted molar refractivity (Wildman–Crippen MR) is 48.5 cm³/mol. The van der Waals surface area contributed by atoms with Crippen molar-refractivity contribution < 1.29 is 9.84 Å². The van der Waals surface area contributed by atoms with Gasteiger partial charge in [-0.15, -0.1) is 0 Å². The van der Waals surface area contributed by atoms with Gasteiger partial charge in [0, 0.05) is 18.2 Å². The molecular weight excluding hydrogens is 166 g/mol. The second-order valence-corrected chi connectivity index (χ2v) is 3.98. The number of aliphatic hydroxyl groups excluding tert-OH is 1. The summed E-state index contributed by atoms with van der Waals surface area (Å²) in [5.74, 6) is 0.561. The third-order valence-corrected chi connectivity index (χ3v) is 2.22. The van der Waals surface area contributed by atoms with E-state index < -0.39 is 6.10 Å². The largest absolute Gasteiger partial charge is 0.471 e. The average Bonchev–Trinajstić information content (AvgIpc) is 2.02. The van der Waals surface area contributed by atoms with Crippen molar-refractivity contribution in [2.45, 2.75) is 32.0 Å². The quantitative estimate of drug-likeness (QED) is 0.658. The van der Waals surface area contributed by atoms with E-state index in [2.05, 4.69) is 4.98 Å². The van der Waals surface area contributed by atoms with Crippen molar-refractivity contribution in [1.29, 1.82) is 0 Å². The highest BCUT2D eigenvalue weighted by Gasteiger charge is 2.33. The molecule has 1 atom stereocenters. The van der Waals surface area contributed by atoms with Crippen LogP contribution in [0.25, 0.3) is 0 Å². The molecule has 3 heteroatoms. The van der Waals surface area contributed by atoms with Crippen LogP contribution in [0.4, 0.5) is 0 Å². The van der Waals surface area contributed by atoms with Crippen LogP contribution in [-0.4, -0.2) is 15.7 Å². The lowest BCUT2D eigenvalue weighted by molar-refractivity contribution is 0.00730. The van der Waals surface area contributed by atoms with Gasteiger partial charge in [0.15, 0.2) is 0 Å². The van der Waals surface area contributed by atoms with Gasteiger partial charge in [0.2, 0.25) is 5.88 Å². The van der Waals surface area contributed by atoms with Crippen LogP contribution in [0.3, 0.4) is 0 Å². The van der Waals surface area contributed by atoms with E-state index in [1.807, 2.05) is 26.0 Å². The Morgan fingerprint density at radius 3 is 3.15 bits per heavy atom. The van der Waals surface area contributed by atoms with Crippen LogP contribution in [0.5, 0.6) is 5.88 Å². The third-order valence-electron chi connectivity index (χ3n) is 2.22. The summed E-state index contributed by atoms with van der Waals surface area (Å²) in [6, 6.07) is 3.66. The minimum Gasteiger partial charge on any atom is -0.471 e. The van der Waals surface area contributed by atoms with Crippen LogP contribution in [-0.2, 0) is 0 Å². The van der Waals surface area contributed by atoms with Crippen molar-refractivity contribution in [1.82, 2.24) is 4.98 Å². The summed E-state index contributed by atoms with van der Waals surface area (Å²) in [6.45, 7) is 3.90. The fraction of sp³-hybridized carbons (Fsp3) is 0.500. The second kappa shape index (κ2) is 2.70. The highest BCUT2D eigenvalue weighted by atomic mass is 16.5. The normalized spacial score (nSPS) is 24.7. The lowest BCUT2D eigenvalue weighted by Gasteiger charge is -2.34. The molecule has 70 valence electrons. The standard InChI is InChI=1S/C10H13NO2/c1-10(2)6-8(12)7-4-3-5-11-9(7)13-10/h3-5,8,12H,6H2,1-2H3. The van der Waals surface area contributed by atoms with Gasteiger partial charge in [-0.1, -0.05) is 0 Å². The Morgan fingerprint density at radius 2 is 2.38 bits per heavy atom. The molecule has 1 N–H and O–H groups in total. The number of rotatable bonds is 0. The molecule has 0 saturated carbocycles. The van der Waals surface area contributed by atoms with Crippen LogP contribution in [0.1, 0.15) is 31.9 Å². The Bertz CT molecular complexity index is 322. The number of ether oxygens (including phenoxy) is 1. The van der Waals surface area contributed by atoms with Crippen LogP contribution in [0, 0.1) is 0 Å². The van der Waals surface area contributed by atoms with Gasteiger partial charge in [-0.05, 0) is 26.0 Å². The molecule has 0 spiro atoms. The number of hydrogen-bond acceptors (Lipinski definition) is 3. The molecule has 0 fully saturated rings. The van der Waals surface area contributed by atoms with Crippen LogP contribution in [0.15, 0.2) is 18.3 Å². The Morgan fingerprint density at radius 1 is 1.62 bits per heavy atom. The van der Waals surface area contributed by atoms with Gasteiger partial charge < -0.3 is 9.84 Å². The summed E-state index contributed by atoms with van der Waals surface area (Å²) >= 11 is 0. The van der Waals surface area contributed by atoms with E-state index in [1.54, 1.807) is 6.20 Å². The first kappa shape index (κ1) is 8.51. The maximum Gasteiger partial charge on any atom is 0.219 e. The van der Waals surface area contributed by atoms with E-state index in [1.165, 1.54) is 0 Å². The maximum absolute atomic E-state index is 9.78. The highest BCUT2D eigenvalue weighted by Crippen LogP contribution is 2.37. The van der Waals surface area contributed by atoms with Crippen LogP contribution in [0.2, 0.25) is 0 Å². The Balaban J connectivity index is 2.43. The lowest BCUT2D eigenvalue weighted by atomic mass is 9.93. The zero-order valence-electron chi connectivity index (χ0n) is 7.82. The molecule has 1 aliphatic rings. The van der Waals surface area contributed by atoms with Crippen molar-refractivity contribution in [3.8, 4) is 5.88 Å². The third kappa shape index (κ3) is 1.52. The number of aliphatic hydroxyl groups is 1. The van der Waals surface area contributed by atoms with Gasteiger partial charge >= 0.3 is 0 Å². The van der Waals surface area contributed by atoms with Crippen molar-refractivity contribution in [3.05, 3.63) is 23.9 Å². The second-order valence-electron chi connectivity index (χ2n) is 3.98. The van der Waals surface area contributed by atoms with E-state index >= 15 is 0 Å². The van der Waals surface area contributed by atoms with Gasteiger partial charge in [-0.3, -0.25) is 0 Å². The van der Waals surface area contributed by atoms with Gasteiger partial charge in [0.05, 0.1) is 6.10 Å². The summed E-state index contributed by atoms with van der Waals surface area (Å²) < 4.78 is 5.62. The van der Waals surface area contributed by atoms with Crippen molar-refractivity contribution in [2.75, 3.05) is 0 Å². The van der Waals surface area contributed by atoms with E-state index in [0.717, 1.165) is 5.56 Å². The van der Waals surface area contributed by atoms with Gasteiger partial charge in [-0.2, -0.15) is 0 Å². The smallest absolute Gasteiger partial charge is 0.219 e. The number of nitrogens with zero attached hydrogens (tertiary/aromatic N) is 1. The molecular formula is C10H13NO2. The first-order chi connectivity index (χ1) is 6.08. The molecule has 0 aliphatic carbocycles. The lowest BCUT2D eigenvalue weighted by Crippen LogP contribution is -2.35. The minimum atomic E-state index is -0.451. The molecule has 2 heterocycles. The van der Waals surface area contributed by atoms with Gasteiger partial charge in [0.1, 0.15) is 5.60 Å². The molecule has 0 saturated heterocycles. The topological polar surface area (TPSA) is 42.4 Å². The maximum atomic E-state index is 9.78. The fourth-order valence-electron chi connectivity index (χ4n) is 1.62. The molecule has 13 heavy (non-hydrogen) atoms. The van der Waals surface area contributed by atoms with Crippen molar-refractivity contribution in [2.24, 2.45) is 0 Å². The molecule has 0 amide bonds. The van der Waals surface area contributed by atoms with E-state index in [4.69, 9.17) is 4.74 Å². The number of hydrogen-bond donors (Lipinski definition) is 1. The zero-order valence-corrected chi connectivity index (χ0v) is 7.82. The van der Waals surface area contributed by atoms with E-state index in [9.17, 15) is 5.11 Å². The Kier molecular flexibility index (Phi) is 1.77. The number of fused-ring (bicyclic) bond motifs is 1. The molecule has 1 aromatic heterocycles. The van der Waals surface area contributed by atoms with Crippen LogP contribution < -0.4 is 4.74 Å². The van der Waals surface area contributed by atoms with Crippen LogP contribution >= 0.6 is 0 Å². The minimum absolute atomic E-state index is 0.319. The molecule has 2 rings (SSSR count). The summed E-state index contributed by atoms with van der Waals surface area (Å²) in [4.78, 5) is 4.08. The monoisotopic (exact) mass is 179 g/mol. The fourth-order valence-corrected chi connectivity index (χ4v) is 1.62. The number of aromatic nitrogens is 1. The average molecular weight is 179 g/mol. The molecule has 1 aromatic rings. The molecule has 3 nitrogen and oxygen atoms in total. The van der Waals surface area contributed by atoms with Gasteiger partial charge in [0.25, 0.3) is 0 Å². The summed E-state index contributed by atoms with van der Waals surface area (Å²) in [6.07, 6.45) is 1.84. The zero-order chi connectivity index (χ0) is 9.47. The molecule has 0 bridgehead atoms. The highest BCUT2D eigenvalue weighted by molar-refractivity contribution is 5.30. The first-order valence-corrected chi connectivity index (χ1v) is 4.40. The van der Waals surface area contributed by atoms with Crippen molar-refractivity contribution in [3.63, 3.8) is 0 Å². The van der Waals surface area contributed by atoms with Crippen molar-refractivity contribution >= 4 is 0 Å². The summed E-state index contributed by atoms with van der Waals surface area (Å²) in [5.41, 5.74) is 0.475.